The summed E-state index contributed by atoms with van der Waals surface area (Å²) in [6.07, 6.45) is -5.75. The minimum absolute atomic E-state index is 0.667. The summed E-state index contributed by atoms with van der Waals surface area (Å²) in [4.78, 5) is 8.90. The molecule has 4 nitrogen and oxygen atoms in total. The molecular weight excluding hydrogens is 167 g/mol. The van der Waals surface area contributed by atoms with Crippen LogP contribution < -0.4 is 5.73 Å². The van der Waals surface area contributed by atoms with Crippen molar-refractivity contribution in [2.75, 3.05) is 0 Å². The molecule has 0 saturated heterocycles. The van der Waals surface area contributed by atoms with Gasteiger partial charge in [-0.05, 0) is 6.92 Å². The van der Waals surface area contributed by atoms with Gasteiger partial charge in [0.05, 0.1) is 6.23 Å². The SMILES string of the molecule is CC(N)O.O=C(O)C(F)(F)F. The topological polar surface area (TPSA) is 83.5 Å². The monoisotopic (exact) mass is 175 g/mol. The van der Waals surface area contributed by atoms with Gasteiger partial charge in [-0.2, -0.15) is 13.2 Å². The van der Waals surface area contributed by atoms with E-state index in [-0.39, 0.29) is 0 Å². The number of carboxylic acids is 1. The van der Waals surface area contributed by atoms with Crippen LogP contribution in [0, 0.1) is 0 Å². The number of hydrogen-bond acceptors (Lipinski definition) is 3. The molecule has 0 aliphatic heterocycles. The normalized spacial score (nSPS) is 12.9. The molecule has 68 valence electrons. The average Bonchev–Trinajstić information content (AvgIpc) is 1.59. The molecule has 0 radical (unpaired) electrons. The highest BCUT2D eigenvalue weighted by molar-refractivity contribution is 5.73. The van der Waals surface area contributed by atoms with Crippen molar-refractivity contribution in [1.29, 1.82) is 0 Å². The second-order valence-electron chi connectivity index (χ2n) is 1.54. The zero-order valence-electron chi connectivity index (χ0n) is 5.59. The van der Waals surface area contributed by atoms with Gasteiger partial charge in [-0.3, -0.25) is 0 Å². The predicted octanol–water partition coefficient (Wildman–Crippen LogP) is -0.0833. The molecule has 7 heteroatoms. The molecule has 0 spiro atoms. The van der Waals surface area contributed by atoms with Crippen molar-refractivity contribution in [2.45, 2.75) is 19.3 Å². The van der Waals surface area contributed by atoms with Crippen LogP contribution in [0.15, 0.2) is 0 Å². The molecule has 1 atom stereocenters. The number of halogens is 3. The summed E-state index contributed by atoms with van der Waals surface area (Å²) in [6.45, 7) is 1.50. The van der Waals surface area contributed by atoms with Crippen molar-refractivity contribution in [3.05, 3.63) is 0 Å². The number of aliphatic carboxylic acids is 1. The number of carbonyl (C=O) groups is 1. The second-order valence-corrected chi connectivity index (χ2v) is 1.54. The van der Waals surface area contributed by atoms with Gasteiger partial charge in [0.25, 0.3) is 0 Å². The number of nitrogens with two attached hydrogens (primary N) is 1. The molecule has 0 aliphatic rings. The third-order valence-electron chi connectivity index (χ3n) is 0.243. The van der Waals surface area contributed by atoms with E-state index in [0.717, 1.165) is 0 Å². The molecule has 0 aromatic carbocycles. The van der Waals surface area contributed by atoms with E-state index in [1.165, 1.54) is 6.92 Å². The Morgan fingerprint density at radius 1 is 1.55 bits per heavy atom. The Labute approximate surface area is 60.4 Å². The molecule has 4 N–H and O–H groups in total. The first kappa shape index (κ1) is 12.8. The summed E-state index contributed by atoms with van der Waals surface area (Å²) in [7, 11) is 0. The molecule has 0 aliphatic carbocycles. The minimum atomic E-state index is -5.08. The summed E-state index contributed by atoms with van der Waals surface area (Å²) in [5, 5.41) is 15.0. The average molecular weight is 175 g/mol. The van der Waals surface area contributed by atoms with Crippen molar-refractivity contribution >= 4 is 5.97 Å². The minimum Gasteiger partial charge on any atom is -0.475 e. The van der Waals surface area contributed by atoms with Crippen molar-refractivity contribution in [1.82, 2.24) is 0 Å². The molecule has 0 saturated carbocycles. The van der Waals surface area contributed by atoms with Crippen molar-refractivity contribution in [2.24, 2.45) is 5.73 Å². The van der Waals surface area contributed by atoms with Gasteiger partial charge in [0.1, 0.15) is 0 Å². The van der Waals surface area contributed by atoms with Gasteiger partial charge in [-0.25, -0.2) is 4.79 Å². The van der Waals surface area contributed by atoms with Crippen LogP contribution in [0.4, 0.5) is 13.2 Å². The first-order valence-electron chi connectivity index (χ1n) is 2.41. The van der Waals surface area contributed by atoms with Crippen LogP contribution in [0.5, 0.6) is 0 Å². The molecule has 0 aromatic rings. The molecule has 0 bridgehead atoms. The molecule has 1 unspecified atom stereocenters. The van der Waals surface area contributed by atoms with Crippen molar-refractivity contribution in [3.8, 4) is 0 Å². The third kappa shape index (κ3) is 17.6. The lowest BCUT2D eigenvalue weighted by molar-refractivity contribution is -0.192. The maximum Gasteiger partial charge on any atom is 0.490 e. The fraction of sp³-hybridized carbons (Fsp3) is 0.750. The number of hydrogen-bond donors (Lipinski definition) is 3. The Hall–Kier alpha value is -0.820. The van der Waals surface area contributed by atoms with E-state index in [1.807, 2.05) is 0 Å². The highest BCUT2D eigenvalue weighted by Crippen LogP contribution is 2.13. The van der Waals surface area contributed by atoms with Gasteiger partial charge >= 0.3 is 12.1 Å². The first-order valence-corrected chi connectivity index (χ1v) is 2.41. The zero-order chi connectivity index (χ0) is 9.65. The molecule has 0 heterocycles. The Balaban J connectivity index is 0. The van der Waals surface area contributed by atoms with E-state index in [2.05, 4.69) is 5.73 Å². The van der Waals surface area contributed by atoms with Crippen LogP contribution in [0.3, 0.4) is 0 Å². The van der Waals surface area contributed by atoms with E-state index in [1.54, 1.807) is 0 Å². The van der Waals surface area contributed by atoms with E-state index in [9.17, 15) is 13.2 Å². The first-order chi connectivity index (χ1) is 4.68. The van der Waals surface area contributed by atoms with Gasteiger partial charge in [-0.15, -0.1) is 0 Å². The molecular formula is C4H8F3NO3. The van der Waals surface area contributed by atoms with Gasteiger partial charge < -0.3 is 15.9 Å². The van der Waals surface area contributed by atoms with Crippen LogP contribution in [0.1, 0.15) is 6.92 Å². The smallest absolute Gasteiger partial charge is 0.475 e. The summed E-state index contributed by atoms with van der Waals surface area (Å²) >= 11 is 0. The predicted molar refractivity (Wildman–Crippen MR) is 29.6 cm³/mol. The Morgan fingerprint density at radius 2 is 1.64 bits per heavy atom. The molecule has 0 amide bonds. The van der Waals surface area contributed by atoms with Gasteiger partial charge in [0, 0.05) is 0 Å². The fourth-order valence-corrected chi connectivity index (χ4v) is 0. The summed E-state index contributed by atoms with van der Waals surface area (Å²) in [5.41, 5.74) is 4.67. The van der Waals surface area contributed by atoms with Crippen LogP contribution in [0.2, 0.25) is 0 Å². The lowest BCUT2D eigenvalue weighted by Gasteiger charge is -1.93. The zero-order valence-corrected chi connectivity index (χ0v) is 5.59. The Bertz CT molecular complexity index is 119. The van der Waals surface area contributed by atoms with Crippen molar-refractivity contribution in [3.63, 3.8) is 0 Å². The quantitative estimate of drug-likeness (QED) is 0.449. The van der Waals surface area contributed by atoms with Crippen LogP contribution >= 0.6 is 0 Å². The lowest BCUT2D eigenvalue weighted by Crippen LogP contribution is -2.21. The summed E-state index contributed by atoms with van der Waals surface area (Å²) in [6, 6.07) is 0. The molecule has 11 heavy (non-hydrogen) atoms. The Kier molecular flexibility index (Phi) is 5.73. The highest BCUT2D eigenvalue weighted by Gasteiger charge is 2.38. The summed E-state index contributed by atoms with van der Waals surface area (Å²) < 4.78 is 31.7. The van der Waals surface area contributed by atoms with Gasteiger partial charge in [0.15, 0.2) is 0 Å². The standard InChI is InChI=1S/C2HF3O2.C2H7NO/c3-2(4,5)1(6)7;1-2(3)4/h(H,6,7);2,4H,3H2,1H3. The number of rotatable bonds is 0. The number of aliphatic hydroxyl groups excluding tert-OH is 1. The van der Waals surface area contributed by atoms with E-state index >= 15 is 0 Å². The van der Waals surface area contributed by atoms with Crippen molar-refractivity contribution < 1.29 is 28.2 Å². The maximum atomic E-state index is 10.6. The van der Waals surface area contributed by atoms with E-state index < -0.39 is 18.4 Å². The molecule has 0 rings (SSSR count). The summed E-state index contributed by atoms with van der Waals surface area (Å²) in [5.74, 6) is -2.76. The number of aliphatic hydroxyl groups is 1. The maximum absolute atomic E-state index is 10.6. The van der Waals surface area contributed by atoms with Gasteiger partial charge in [-0.1, -0.05) is 0 Å². The van der Waals surface area contributed by atoms with Crippen LogP contribution in [-0.2, 0) is 4.79 Å². The van der Waals surface area contributed by atoms with E-state index in [4.69, 9.17) is 15.0 Å². The fourth-order valence-electron chi connectivity index (χ4n) is 0. The highest BCUT2D eigenvalue weighted by atomic mass is 19.4. The molecule has 0 fully saturated rings. The largest absolute Gasteiger partial charge is 0.490 e. The lowest BCUT2D eigenvalue weighted by atomic mass is 10.7. The number of carboxylic acid groups (broad SMARTS) is 1. The van der Waals surface area contributed by atoms with Crippen LogP contribution in [-0.4, -0.2) is 28.6 Å². The Morgan fingerprint density at radius 3 is 1.64 bits per heavy atom. The van der Waals surface area contributed by atoms with Gasteiger partial charge in [0.2, 0.25) is 0 Å². The third-order valence-corrected chi connectivity index (χ3v) is 0.243. The van der Waals surface area contributed by atoms with E-state index in [0.29, 0.717) is 0 Å². The molecule has 0 aromatic heterocycles. The number of alkyl halides is 3. The second kappa shape index (κ2) is 4.91. The van der Waals surface area contributed by atoms with Crippen LogP contribution in [0.25, 0.3) is 0 Å².